The van der Waals surface area contributed by atoms with E-state index in [1.807, 2.05) is 60.4 Å². The molecule has 3 aromatic rings. The van der Waals surface area contributed by atoms with E-state index < -0.39 is 0 Å². The van der Waals surface area contributed by atoms with Gasteiger partial charge in [0.1, 0.15) is 18.4 Å². The lowest BCUT2D eigenvalue weighted by Crippen LogP contribution is -2.44. The average molecular weight is 436 g/mol. The maximum absolute atomic E-state index is 13.3. The van der Waals surface area contributed by atoms with Crippen molar-refractivity contribution in [2.45, 2.75) is 38.5 Å². The molecule has 1 aliphatic heterocycles. The number of nitrogens with one attached hydrogen (secondary N) is 1. The summed E-state index contributed by atoms with van der Waals surface area (Å²) in [6.45, 7) is 3.73. The molecule has 1 N–H and O–H groups in total. The predicted octanol–water partition coefficient (Wildman–Crippen LogP) is 3.73. The Morgan fingerprint density at radius 2 is 2.09 bits per heavy atom. The predicted molar refractivity (Wildman–Crippen MR) is 121 cm³/mol. The number of carbonyl (C=O) groups excluding carboxylic acids is 1. The Hall–Kier alpha value is -3.39. The van der Waals surface area contributed by atoms with Gasteiger partial charge in [0.25, 0.3) is 0 Å². The van der Waals surface area contributed by atoms with Gasteiger partial charge in [0.2, 0.25) is 0 Å². The number of carbonyl (C=O) groups is 1. The zero-order valence-corrected chi connectivity index (χ0v) is 18.5. The van der Waals surface area contributed by atoms with Crippen LogP contribution >= 0.6 is 0 Å². The number of hydrogen-bond acceptors (Lipinski definition) is 5. The summed E-state index contributed by atoms with van der Waals surface area (Å²) in [5.74, 6) is 0.773. The Morgan fingerprint density at radius 1 is 1.28 bits per heavy atom. The lowest BCUT2D eigenvalue weighted by molar-refractivity contribution is 0.0788. The van der Waals surface area contributed by atoms with Gasteiger partial charge in [0.15, 0.2) is 0 Å². The molecule has 0 bridgehead atoms. The molecule has 0 saturated carbocycles. The minimum atomic E-state index is -0.156. The molecule has 32 heavy (non-hydrogen) atoms. The SMILES string of the molecule is COc1ccccc1CN(CC1CCCO1)C(=O)NC(C)c1ccc(-n2cncn2)cc1. The number of aromatic nitrogens is 3. The van der Waals surface area contributed by atoms with Crippen molar-refractivity contribution in [1.82, 2.24) is 25.0 Å². The number of hydrogen-bond donors (Lipinski definition) is 1. The van der Waals surface area contributed by atoms with E-state index in [1.54, 1.807) is 18.1 Å². The topological polar surface area (TPSA) is 81.5 Å². The van der Waals surface area contributed by atoms with Crippen LogP contribution in [0.1, 0.15) is 36.9 Å². The summed E-state index contributed by atoms with van der Waals surface area (Å²) >= 11 is 0. The fraction of sp³-hybridized carbons (Fsp3) is 0.375. The highest BCUT2D eigenvalue weighted by Crippen LogP contribution is 2.22. The molecule has 2 amide bonds. The number of urea groups is 1. The molecule has 2 aromatic carbocycles. The van der Waals surface area contributed by atoms with Gasteiger partial charge in [-0.25, -0.2) is 14.5 Å². The van der Waals surface area contributed by atoms with E-state index in [2.05, 4.69) is 15.4 Å². The van der Waals surface area contributed by atoms with Crippen molar-refractivity contribution in [1.29, 1.82) is 0 Å². The zero-order chi connectivity index (χ0) is 22.3. The molecule has 2 atom stereocenters. The second-order valence-corrected chi connectivity index (χ2v) is 7.93. The Kier molecular flexibility index (Phi) is 7.01. The molecular formula is C24H29N5O3. The van der Waals surface area contributed by atoms with Crippen LogP contribution in [0.15, 0.2) is 61.2 Å². The summed E-state index contributed by atoms with van der Waals surface area (Å²) in [5, 5.41) is 7.28. The fourth-order valence-electron chi connectivity index (χ4n) is 3.91. The molecule has 1 aromatic heterocycles. The van der Waals surface area contributed by atoms with Crippen molar-refractivity contribution in [3.8, 4) is 11.4 Å². The highest BCUT2D eigenvalue weighted by Gasteiger charge is 2.24. The quantitative estimate of drug-likeness (QED) is 0.583. The summed E-state index contributed by atoms with van der Waals surface area (Å²) in [5.41, 5.74) is 2.89. The second-order valence-electron chi connectivity index (χ2n) is 7.93. The van der Waals surface area contributed by atoms with Crippen LogP contribution < -0.4 is 10.1 Å². The van der Waals surface area contributed by atoms with Crippen LogP contribution in [0.4, 0.5) is 4.79 Å². The number of benzene rings is 2. The maximum atomic E-state index is 13.3. The van der Waals surface area contributed by atoms with Gasteiger partial charge >= 0.3 is 6.03 Å². The minimum Gasteiger partial charge on any atom is -0.496 e. The molecule has 2 unspecified atom stereocenters. The van der Waals surface area contributed by atoms with Crippen molar-refractivity contribution in [2.75, 3.05) is 20.3 Å². The summed E-state index contributed by atoms with van der Waals surface area (Å²) in [6.07, 6.45) is 5.22. The maximum Gasteiger partial charge on any atom is 0.318 e. The number of nitrogens with zero attached hydrogens (tertiary/aromatic N) is 4. The van der Waals surface area contributed by atoms with E-state index in [4.69, 9.17) is 9.47 Å². The van der Waals surface area contributed by atoms with Gasteiger partial charge in [-0.1, -0.05) is 30.3 Å². The van der Waals surface area contributed by atoms with Gasteiger partial charge in [-0.2, -0.15) is 5.10 Å². The van der Waals surface area contributed by atoms with E-state index in [9.17, 15) is 4.79 Å². The first-order valence-electron chi connectivity index (χ1n) is 10.9. The van der Waals surface area contributed by atoms with Crippen LogP contribution in [-0.2, 0) is 11.3 Å². The van der Waals surface area contributed by atoms with Gasteiger partial charge in [0, 0.05) is 18.7 Å². The smallest absolute Gasteiger partial charge is 0.318 e. The molecular weight excluding hydrogens is 406 g/mol. The van der Waals surface area contributed by atoms with E-state index >= 15 is 0 Å². The normalized spacial score (nSPS) is 16.5. The molecule has 8 heteroatoms. The van der Waals surface area contributed by atoms with E-state index in [1.165, 1.54) is 6.33 Å². The molecule has 2 heterocycles. The third kappa shape index (κ3) is 5.26. The Morgan fingerprint density at radius 3 is 2.78 bits per heavy atom. The summed E-state index contributed by atoms with van der Waals surface area (Å²) in [6, 6.07) is 15.4. The molecule has 8 nitrogen and oxygen atoms in total. The van der Waals surface area contributed by atoms with E-state index in [-0.39, 0.29) is 18.2 Å². The summed E-state index contributed by atoms with van der Waals surface area (Å²) in [7, 11) is 1.65. The average Bonchev–Trinajstić information content (AvgIpc) is 3.53. The van der Waals surface area contributed by atoms with E-state index in [0.29, 0.717) is 13.1 Å². The second kappa shape index (κ2) is 10.3. The van der Waals surface area contributed by atoms with Crippen molar-refractivity contribution in [3.05, 3.63) is 72.3 Å². The largest absolute Gasteiger partial charge is 0.496 e. The van der Waals surface area contributed by atoms with E-state index in [0.717, 1.165) is 42.0 Å². The van der Waals surface area contributed by atoms with Crippen LogP contribution in [0, 0.1) is 0 Å². The van der Waals surface area contributed by atoms with Crippen LogP contribution in [0.3, 0.4) is 0 Å². The van der Waals surface area contributed by atoms with Gasteiger partial charge in [0.05, 0.1) is 31.5 Å². The van der Waals surface area contributed by atoms with Gasteiger partial charge in [-0.15, -0.1) is 0 Å². The first-order valence-corrected chi connectivity index (χ1v) is 10.9. The molecule has 0 aliphatic carbocycles. The van der Waals surface area contributed by atoms with Crippen LogP contribution in [0.5, 0.6) is 5.75 Å². The molecule has 1 fully saturated rings. The van der Waals surface area contributed by atoms with Crippen molar-refractivity contribution in [2.24, 2.45) is 0 Å². The molecule has 4 rings (SSSR count). The van der Waals surface area contributed by atoms with Crippen LogP contribution in [0.2, 0.25) is 0 Å². The highest BCUT2D eigenvalue weighted by molar-refractivity contribution is 5.75. The van der Waals surface area contributed by atoms with Gasteiger partial charge in [-0.3, -0.25) is 0 Å². The lowest BCUT2D eigenvalue weighted by Gasteiger charge is -2.28. The molecule has 1 aliphatic rings. The van der Waals surface area contributed by atoms with Crippen molar-refractivity contribution >= 4 is 6.03 Å². The molecule has 1 saturated heterocycles. The first kappa shape index (κ1) is 21.8. The number of para-hydroxylation sites is 1. The molecule has 168 valence electrons. The Balaban J connectivity index is 1.46. The monoisotopic (exact) mass is 435 g/mol. The third-order valence-corrected chi connectivity index (χ3v) is 5.71. The Labute approximate surface area is 188 Å². The summed E-state index contributed by atoms with van der Waals surface area (Å²) < 4.78 is 13.0. The van der Waals surface area contributed by atoms with Crippen molar-refractivity contribution in [3.63, 3.8) is 0 Å². The van der Waals surface area contributed by atoms with Crippen LogP contribution in [0.25, 0.3) is 5.69 Å². The first-order chi connectivity index (χ1) is 15.6. The molecule has 0 radical (unpaired) electrons. The third-order valence-electron chi connectivity index (χ3n) is 5.71. The fourth-order valence-corrected chi connectivity index (χ4v) is 3.91. The molecule has 0 spiro atoms. The minimum absolute atomic E-state index is 0.0627. The highest BCUT2D eigenvalue weighted by atomic mass is 16.5. The standard InChI is InChI=1S/C24H29N5O3/c1-18(19-9-11-21(12-10-19)29-17-25-16-26-29)27-24(30)28(15-22-7-5-13-32-22)14-20-6-3-4-8-23(20)31-2/h3-4,6,8-12,16-18,22H,5,7,13-15H2,1-2H3,(H,27,30). The number of rotatable bonds is 8. The van der Waals surface area contributed by atoms with Crippen LogP contribution in [-0.4, -0.2) is 52.1 Å². The van der Waals surface area contributed by atoms with Crippen molar-refractivity contribution < 1.29 is 14.3 Å². The summed E-state index contributed by atoms with van der Waals surface area (Å²) in [4.78, 5) is 19.1. The number of methoxy groups -OCH3 is 1. The Bertz CT molecular complexity index is 1000. The number of ether oxygens (including phenoxy) is 2. The number of amides is 2. The zero-order valence-electron chi connectivity index (χ0n) is 18.5. The van der Waals surface area contributed by atoms with Gasteiger partial charge < -0.3 is 19.7 Å². The lowest BCUT2D eigenvalue weighted by atomic mass is 10.1. The van der Waals surface area contributed by atoms with Gasteiger partial charge in [-0.05, 0) is 43.5 Å².